The van der Waals surface area contributed by atoms with E-state index in [9.17, 15) is 0 Å². The maximum atomic E-state index is 5.96. The van der Waals surface area contributed by atoms with Crippen LogP contribution in [-0.4, -0.2) is 19.9 Å². The molecular formula is C25H25ClN6. The number of halogens is 1. The number of nitrogen functional groups attached to an aromatic ring is 2. The maximum absolute atomic E-state index is 5.96. The van der Waals surface area contributed by atoms with Crippen molar-refractivity contribution in [1.82, 2.24) is 19.9 Å². The molecule has 0 aromatic carbocycles. The fraction of sp³-hybridized carbons (Fsp3) is 0.280. The lowest BCUT2D eigenvalue weighted by molar-refractivity contribution is 0.691. The molecule has 0 aliphatic rings. The zero-order valence-corrected chi connectivity index (χ0v) is 19.5. The molecule has 7 heteroatoms. The summed E-state index contributed by atoms with van der Waals surface area (Å²) >= 11 is 5.88. The lowest BCUT2D eigenvalue weighted by Gasteiger charge is -2.18. The molecule has 3 heterocycles. The Morgan fingerprint density at radius 1 is 0.812 bits per heavy atom. The average Bonchev–Trinajstić information content (AvgIpc) is 2.72. The summed E-state index contributed by atoms with van der Waals surface area (Å²) in [4.78, 5) is 16.8. The van der Waals surface area contributed by atoms with E-state index in [-0.39, 0.29) is 17.2 Å². The van der Waals surface area contributed by atoms with Gasteiger partial charge in [0.1, 0.15) is 16.7 Å². The van der Waals surface area contributed by atoms with E-state index in [0.29, 0.717) is 22.1 Å². The maximum Gasteiger partial charge on any atom is 0.222 e. The van der Waals surface area contributed by atoms with Crippen LogP contribution in [0.5, 0.6) is 0 Å². The first-order valence-corrected chi connectivity index (χ1v) is 10.4. The first-order chi connectivity index (χ1) is 15.0. The first kappa shape index (κ1) is 23.1. The predicted octanol–water partition coefficient (Wildman–Crippen LogP) is 4.05. The summed E-state index contributed by atoms with van der Waals surface area (Å²) in [7, 11) is 0. The summed E-state index contributed by atoms with van der Waals surface area (Å²) in [6, 6.07) is 7.58. The molecule has 4 N–H and O–H groups in total. The third kappa shape index (κ3) is 5.35. The van der Waals surface area contributed by atoms with Crippen LogP contribution < -0.4 is 11.5 Å². The molecule has 6 nitrogen and oxygen atoms in total. The number of anilines is 2. The summed E-state index contributed by atoms with van der Waals surface area (Å²) in [5.41, 5.74) is 14.6. The number of aromatic nitrogens is 4. The van der Waals surface area contributed by atoms with E-state index in [0.717, 1.165) is 11.1 Å². The Morgan fingerprint density at radius 3 is 1.94 bits per heavy atom. The van der Waals surface area contributed by atoms with Gasteiger partial charge in [-0.05, 0) is 63.8 Å². The minimum Gasteiger partial charge on any atom is -0.382 e. The van der Waals surface area contributed by atoms with Gasteiger partial charge in [-0.2, -0.15) is 4.98 Å². The highest BCUT2D eigenvalue weighted by molar-refractivity contribution is 6.29. The van der Waals surface area contributed by atoms with E-state index in [1.807, 2.05) is 52.8 Å². The van der Waals surface area contributed by atoms with Gasteiger partial charge >= 0.3 is 0 Å². The van der Waals surface area contributed by atoms with E-state index < -0.39 is 5.41 Å². The van der Waals surface area contributed by atoms with Gasteiger partial charge in [0, 0.05) is 12.4 Å². The number of hydrogen-bond acceptors (Lipinski definition) is 6. The van der Waals surface area contributed by atoms with Gasteiger partial charge in [0.2, 0.25) is 5.95 Å². The van der Waals surface area contributed by atoms with Crippen molar-refractivity contribution >= 4 is 23.4 Å². The van der Waals surface area contributed by atoms with Crippen LogP contribution in [0.25, 0.3) is 0 Å². The van der Waals surface area contributed by atoms with E-state index in [2.05, 4.69) is 43.6 Å². The van der Waals surface area contributed by atoms with Crippen LogP contribution in [0.15, 0.2) is 36.7 Å². The molecule has 32 heavy (non-hydrogen) atoms. The minimum absolute atomic E-state index is 0.140. The SMILES string of the molecule is Cc1nc(N)nc(N)c1C#CC(C)(C)c1ccc(C#CC(C)(C)c2ccc(Cl)nc2)nc1. The lowest BCUT2D eigenvalue weighted by Crippen LogP contribution is -2.15. The Labute approximate surface area is 193 Å². The molecule has 0 aliphatic heterocycles. The Morgan fingerprint density at radius 2 is 1.41 bits per heavy atom. The summed E-state index contributed by atoms with van der Waals surface area (Å²) in [5, 5.41) is 0.460. The number of rotatable bonds is 2. The normalized spacial score (nSPS) is 11.2. The van der Waals surface area contributed by atoms with E-state index in [4.69, 9.17) is 23.1 Å². The Balaban J connectivity index is 1.82. The summed E-state index contributed by atoms with van der Waals surface area (Å²) in [6.07, 6.45) is 3.54. The third-order valence-corrected chi connectivity index (χ3v) is 5.30. The number of pyridine rings is 2. The van der Waals surface area contributed by atoms with Crippen molar-refractivity contribution in [2.24, 2.45) is 0 Å². The quantitative estimate of drug-likeness (QED) is 0.456. The summed E-state index contributed by atoms with van der Waals surface area (Å²) < 4.78 is 0. The Bertz CT molecular complexity index is 1230. The van der Waals surface area contributed by atoms with Crippen molar-refractivity contribution in [2.45, 2.75) is 45.4 Å². The van der Waals surface area contributed by atoms with Gasteiger partial charge in [-0.15, -0.1) is 0 Å². The van der Waals surface area contributed by atoms with Crippen LogP contribution in [0.4, 0.5) is 11.8 Å². The van der Waals surface area contributed by atoms with Crippen molar-refractivity contribution in [3.8, 4) is 23.7 Å². The van der Waals surface area contributed by atoms with Crippen molar-refractivity contribution in [3.05, 3.63) is 69.9 Å². The number of nitrogens with zero attached hydrogens (tertiary/aromatic N) is 4. The molecule has 0 spiro atoms. The second kappa shape index (κ2) is 8.86. The van der Waals surface area contributed by atoms with Crippen molar-refractivity contribution < 1.29 is 0 Å². The molecule has 0 atom stereocenters. The molecule has 162 valence electrons. The largest absolute Gasteiger partial charge is 0.382 e. The van der Waals surface area contributed by atoms with Gasteiger partial charge in [-0.1, -0.05) is 41.5 Å². The second-order valence-electron chi connectivity index (χ2n) is 8.48. The fourth-order valence-electron chi connectivity index (χ4n) is 2.94. The van der Waals surface area contributed by atoms with Crippen LogP contribution in [0.2, 0.25) is 5.15 Å². The fourth-order valence-corrected chi connectivity index (χ4v) is 3.05. The van der Waals surface area contributed by atoms with Gasteiger partial charge in [0.05, 0.1) is 22.1 Å². The van der Waals surface area contributed by atoms with Crippen molar-refractivity contribution in [2.75, 3.05) is 11.5 Å². The monoisotopic (exact) mass is 444 g/mol. The predicted molar refractivity (Wildman–Crippen MR) is 129 cm³/mol. The molecule has 3 aromatic rings. The zero-order valence-electron chi connectivity index (χ0n) is 18.8. The van der Waals surface area contributed by atoms with Crippen molar-refractivity contribution in [3.63, 3.8) is 0 Å². The molecule has 0 amide bonds. The van der Waals surface area contributed by atoms with E-state index >= 15 is 0 Å². The molecule has 0 saturated heterocycles. The van der Waals surface area contributed by atoms with Crippen molar-refractivity contribution in [1.29, 1.82) is 0 Å². The smallest absolute Gasteiger partial charge is 0.222 e. The van der Waals surface area contributed by atoms with E-state index in [1.165, 1.54) is 0 Å². The number of aryl methyl sites for hydroxylation is 1. The van der Waals surface area contributed by atoms with Crippen LogP contribution in [0.1, 0.15) is 55.8 Å². The summed E-state index contributed by atoms with van der Waals surface area (Å²) in [6.45, 7) is 9.91. The molecule has 0 fully saturated rings. The lowest BCUT2D eigenvalue weighted by atomic mass is 9.85. The number of nitrogens with two attached hydrogens (primary N) is 2. The van der Waals surface area contributed by atoms with Gasteiger partial charge in [-0.25, -0.2) is 15.0 Å². The van der Waals surface area contributed by atoms with Crippen LogP contribution in [0.3, 0.4) is 0 Å². The molecule has 0 aliphatic carbocycles. The molecular weight excluding hydrogens is 420 g/mol. The first-order valence-electron chi connectivity index (χ1n) is 10.0. The highest BCUT2D eigenvalue weighted by atomic mass is 35.5. The van der Waals surface area contributed by atoms with Gasteiger partial charge in [0.25, 0.3) is 0 Å². The number of hydrogen-bond donors (Lipinski definition) is 2. The zero-order chi connectivity index (χ0) is 23.5. The standard InChI is InChI=1S/C25H25ClN6/c1-16-20(22(27)32-23(28)31-16)11-13-25(4,5)17-6-8-19(29-14-17)10-12-24(2,3)18-7-9-21(26)30-15-18/h6-9,14-15H,1-5H3,(H4,27,28,31,32). The topological polar surface area (TPSA) is 104 Å². The van der Waals surface area contributed by atoms with Gasteiger partial charge in [0.15, 0.2) is 0 Å². The van der Waals surface area contributed by atoms with Gasteiger partial charge in [-0.3, -0.25) is 0 Å². The Kier molecular flexibility index (Phi) is 6.39. The molecule has 0 radical (unpaired) electrons. The van der Waals surface area contributed by atoms with Crippen LogP contribution in [-0.2, 0) is 10.8 Å². The third-order valence-electron chi connectivity index (χ3n) is 5.07. The van der Waals surface area contributed by atoms with Crippen LogP contribution >= 0.6 is 11.6 Å². The molecule has 3 rings (SSSR count). The second-order valence-corrected chi connectivity index (χ2v) is 8.87. The molecule has 0 unspecified atom stereocenters. The van der Waals surface area contributed by atoms with E-state index in [1.54, 1.807) is 18.5 Å². The molecule has 0 bridgehead atoms. The van der Waals surface area contributed by atoms with Gasteiger partial charge < -0.3 is 11.5 Å². The summed E-state index contributed by atoms with van der Waals surface area (Å²) in [5.74, 6) is 13.2. The average molecular weight is 445 g/mol. The van der Waals surface area contributed by atoms with Crippen LogP contribution in [0, 0.1) is 30.6 Å². The highest BCUT2D eigenvalue weighted by Crippen LogP contribution is 2.24. The minimum atomic E-state index is -0.465. The highest BCUT2D eigenvalue weighted by Gasteiger charge is 2.20. The Hall–Kier alpha value is -3.61. The molecule has 3 aromatic heterocycles. The molecule has 0 saturated carbocycles.